The topological polar surface area (TPSA) is 12.0 Å². The lowest BCUT2D eigenvalue weighted by Crippen LogP contribution is -2.33. The van der Waals surface area contributed by atoms with E-state index < -0.39 is 0 Å². The molecule has 0 bridgehead atoms. The van der Waals surface area contributed by atoms with Crippen molar-refractivity contribution < 1.29 is 0 Å². The molecule has 1 rings (SSSR count). The van der Waals surface area contributed by atoms with Gasteiger partial charge in [-0.05, 0) is 32.7 Å². The molecule has 1 saturated heterocycles. The fourth-order valence-electron chi connectivity index (χ4n) is 1.52. The molecule has 1 heteroatoms. The first-order valence-electron chi connectivity index (χ1n) is 4.17. The van der Waals surface area contributed by atoms with E-state index in [2.05, 4.69) is 18.8 Å². The van der Waals surface area contributed by atoms with Crippen molar-refractivity contribution in [1.29, 1.82) is 0 Å². The smallest absolute Gasteiger partial charge is 0.0104 e. The fraction of sp³-hybridized carbons (Fsp3) is 0.778. The highest BCUT2D eigenvalue weighted by atomic mass is 14.9. The molecule has 10 heavy (non-hydrogen) atoms. The Hall–Kier alpha value is -0.300. The van der Waals surface area contributed by atoms with Crippen molar-refractivity contribution >= 4 is 0 Å². The second-order valence-electron chi connectivity index (χ2n) is 3.31. The number of rotatable bonds is 2. The van der Waals surface area contributed by atoms with Gasteiger partial charge in [-0.1, -0.05) is 12.0 Å². The highest BCUT2D eigenvalue weighted by molar-refractivity contribution is 4.93. The summed E-state index contributed by atoms with van der Waals surface area (Å²) < 4.78 is 0. The van der Waals surface area contributed by atoms with Crippen molar-refractivity contribution in [3.05, 3.63) is 12.2 Å². The van der Waals surface area contributed by atoms with Crippen molar-refractivity contribution in [2.24, 2.45) is 0 Å². The zero-order chi connectivity index (χ0) is 7.40. The lowest BCUT2D eigenvalue weighted by atomic mass is 9.99. The molecule has 1 heterocycles. The first-order valence-corrected chi connectivity index (χ1v) is 4.17. The van der Waals surface area contributed by atoms with Crippen LogP contribution in [0.5, 0.6) is 0 Å². The summed E-state index contributed by atoms with van der Waals surface area (Å²) in [6.45, 7) is 7.22. The molecule has 1 aliphatic rings. The lowest BCUT2D eigenvalue weighted by molar-refractivity contribution is 0.399. The van der Waals surface area contributed by atoms with E-state index in [0.717, 1.165) is 6.04 Å². The van der Waals surface area contributed by atoms with Crippen LogP contribution in [0.4, 0.5) is 0 Å². The number of hydrogen-bond donors (Lipinski definition) is 1. The second kappa shape index (κ2) is 3.77. The third kappa shape index (κ3) is 2.53. The molecular weight excluding hydrogens is 122 g/mol. The summed E-state index contributed by atoms with van der Waals surface area (Å²) >= 11 is 0. The molecule has 0 aliphatic carbocycles. The van der Waals surface area contributed by atoms with Gasteiger partial charge in [0.1, 0.15) is 0 Å². The van der Waals surface area contributed by atoms with Gasteiger partial charge in [-0.3, -0.25) is 0 Å². The van der Waals surface area contributed by atoms with Crippen molar-refractivity contribution in [3.8, 4) is 0 Å². The van der Waals surface area contributed by atoms with E-state index in [4.69, 9.17) is 0 Å². The average Bonchev–Trinajstić information content (AvgIpc) is 1.88. The van der Waals surface area contributed by atoms with Crippen molar-refractivity contribution in [2.45, 2.75) is 38.6 Å². The molecule has 0 saturated carbocycles. The Morgan fingerprint density at radius 3 is 2.90 bits per heavy atom. The monoisotopic (exact) mass is 139 g/mol. The van der Waals surface area contributed by atoms with Gasteiger partial charge in [0.15, 0.2) is 0 Å². The van der Waals surface area contributed by atoms with Crippen LogP contribution in [0.1, 0.15) is 32.6 Å². The van der Waals surface area contributed by atoms with Gasteiger partial charge in [0, 0.05) is 6.04 Å². The Bertz CT molecular complexity index is 112. The van der Waals surface area contributed by atoms with E-state index in [-0.39, 0.29) is 0 Å². The first-order chi connectivity index (χ1) is 4.79. The molecule has 58 valence electrons. The molecular formula is C9H17N. The molecule has 1 N–H and O–H groups in total. The van der Waals surface area contributed by atoms with Gasteiger partial charge in [-0.2, -0.15) is 0 Å². The van der Waals surface area contributed by atoms with E-state index in [1.807, 2.05) is 0 Å². The Labute approximate surface area is 63.5 Å². The average molecular weight is 139 g/mol. The third-order valence-electron chi connectivity index (χ3n) is 2.01. The molecule has 1 aliphatic heterocycles. The fourth-order valence-corrected chi connectivity index (χ4v) is 1.52. The normalized spacial score (nSPS) is 26.3. The molecule has 1 atom stereocenters. The number of piperidine rings is 1. The highest BCUT2D eigenvalue weighted by Gasteiger charge is 2.11. The minimum absolute atomic E-state index is 0.728. The van der Waals surface area contributed by atoms with Crippen LogP contribution in [0, 0.1) is 0 Å². The minimum atomic E-state index is 0.728. The Balaban J connectivity index is 2.19. The molecule has 0 aromatic carbocycles. The van der Waals surface area contributed by atoms with Crippen LogP contribution >= 0.6 is 0 Å². The van der Waals surface area contributed by atoms with Crippen LogP contribution in [0.2, 0.25) is 0 Å². The molecule has 0 amide bonds. The van der Waals surface area contributed by atoms with Crippen LogP contribution in [0.25, 0.3) is 0 Å². The van der Waals surface area contributed by atoms with E-state index >= 15 is 0 Å². The van der Waals surface area contributed by atoms with Gasteiger partial charge in [0.05, 0.1) is 0 Å². The summed E-state index contributed by atoms with van der Waals surface area (Å²) in [6, 6.07) is 0.728. The summed E-state index contributed by atoms with van der Waals surface area (Å²) in [5.41, 5.74) is 1.31. The van der Waals surface area contributed by atoms with Gasteiger partial charge in [0.2, 0.25) is 0 Å². The minimum Gasteiger partial charge on any atom is -0.314 e. The zero-order valence-electron chi connectivity index (χ0n) is 6.82. The quantitative estimate of drug-likeness (QED) is 0.578. The van der Waals surface area contributed by atoms with E-state index in [1.165, 1.54) is 37.8 Å². The molecule has 1 unspecified atom stereocenters. The summed E-state index contributed by atoms with van der Waals surface area (Å²) in [5.74, 6) is 0. The maximum atomic E-state index is 3.91. The van der Waals surface area contributed by atoms with Crippen molar-refractivity contribution in [2.75, 3.05) is 6.54 Å². The summed E-state index contributed by atoms with van der Waals surface area (Å²) in [6.07, 6.45) is 5.25. The van der Waals surface area contributed by atoms with E-state index in [0.29, 0.717) is 0 Å². The summed E-state index contributed by atoms with van der Waals surface area (Å²) in [4.78, 5) is 0. The Kier molecular flexibility index (Phi) is 2.94. The largest absolute Gasteiger partial charge is 0.314 e. The highest BCUT2D eigenvalue weighted by Crippen LogP contribution is 2.12. The maximum absolute atomic E-state index is 3.91. The first kappa shape index (κ1) is 7.80. The van der Waals surface area contributed by atoms with Crippen molar-refractivity contribution in [1.82, 2.24) is 5.32 Å². The summed E-state index contributed by atoms with van der Waals surface area (Å²) in [7, 11) is 0. The van der Waals surface area contributed by atoms with E-state index in [9.17, 15) is 0 Å². The third-order valence-corrected chi connectivity index (χ3v) is 2.01. The van der Waals surface area contributed by atoms with Crippen LogP contribution in [0.15, 0.2) is 12.2 Å². The van der Waals surface area contributed by atoms with Gasteiger partial charge >= 0.3 is 0 Å². The van der Waals surface area contributed by atoms with Crippen LogP contribution in [0.3, 0.4) is 0 Å². The molecule has 1 fully saturated rings. The summed E-state index contributed by atoms with van der Waals surface area (Å²) in [5, 5.41) is 3.49. The van der Waals surface area contributed by atoms with Crippen LogP contribution in [-0.2, 0) is 0 Å². The predicted octanol–water partition coefficient (Wildman–Crippen LogP) is 2.09. The van der Waals surface area contributed by atoms with Crippen molar-refractivity contribution in [3.63, 3.8) is 0 Å². The van der Waals surface area contributed by atoms with Gasteiger partial charge in [-0.25, -0.2) is 0 Å². The zero-order valence-corrected chi connectivity index (χ0v) is 6.82. The predicted molar refractivity (Wildman–Crippen MR) is 45.1 cm³/mol. The number of hydrogen-bond acceptors (Lipinski definition) is 1. The SMILES string of the molecule is C=C(C)CC1CCCCN1. The van der Waals surface area contributed by atoms with Gasteiger partial charge < -0.3 is 5.32 Å². The standard InChI is InChI=1S/C9H17N/c1-8(2)7-9-5-3-4-6-10-9/h9-10H,1,3-7H2,2H3. The van der Waals surface area contributed by atoms with E-state index in [1.54, 1.807) is 0 Å². The molecule has 0 aromatic rings. The molecule has 0 aromatic heterocycles. The molecule has 1 nitrogen and oxygen atoms in total. The molecule has 0 radical (unpaired) electrons. The maximum Gasteiger partial charge on any atom is 0.0104 e. The van der Waals surface area contributed by atoms with Gasteiger partial charge in [0.25, 0.3) is 0 Å². The second-order valence-corrected chi connectivity index (χ2v) is 3.31. The van der Waals surface area contributed by atoms with Gasteiger partial charge in [-0.15, -0.1) is 6.58 Å². The molecule has 0 spiro atoms. The lowest BCUT2D eigenvalue weighted by Gasteiger charge is -2.23. The van der Waals surface area contributed by atoms with Crippen LogP contribution < -0.4 is 5.32 Å². The Morgan fingerprint density at radius 2 is 2.40 bits per heavy atom. The number of nitrogens with one attached hydrogen (secondary N) is 1. The Morgan fingerprint density at radius 1 is 1.60 bits per heavy atom. The van der Waals surface area contributed by atoms with Crippen LogP contribution in [-0.4, -0.2) is 12.6 Å².